The summed E-state index contributed by atoms with van der Waals surface area (Å²) < 4.78 is 5.57. The van der Waals surface area contributed by atoms with Crippen molar-refractivity contribution in [3.05, 3.63) is 102 Å². The first-order chi connectivity index (χ1) is 17.2. The van der Waals surface area contributed by atoms with Crippen molar-refractivity contribution in [2.24, 2.45) is 5.10 Å². The Labute approximate surface area is 207 Å². The summed E-state index contributed by atoms with van der Waals surface area (Å²) in [5.74, 6) is 0.821. The van der Waals surface area contributed by atoms with Gasteiger partial charge in [-0.05, 0) is 23.3 Å². The summed E-state index contributed by atoms with van der Waals surface area (Å²) in [6.45, 7) is 5.01. The monoisotopic (exact) mass is 468 g/mol. The van der Waals surface area contributed by atoms with Gasteiger partial charge in [-0.2, -0.15) is 5.10 Å². The average molecular weight is 469 g/mol. The van der Waals surface area contributed by atoms with Gasteiger partial charge in [0.1, 0.15) is 5.75 Å². The molecule has 1 atom stereocenters. The van der Waals surface area contributed by atoms with Crippen molar-refractivity contribution in [1.29, 1.82) is 0 Å². The van der Waals surface area contributed by atoms with E-state index in [4.69, 9.17) is 9.84 Å². The van der Waals surface area contributed by atoms with Crippen LogP contribution in [0.4, 0.5) is 0 Å². The Morgan fingerprint density at radius 3 is 2.20 bits per heavy atom. The summed E-state index contributed by atoms with van der Waals surface area (Å²) in [4.78, 5) is 18.2. The molecule has 0 N–H and O–H groups in total. The number of carbonyl (C=O) groups is 1. The van der Waals surface area contributed by atoms with Gasteiger partial charge in [-0.1, -0.05) is 72.8 Å². The smallest absolute Gasteiger partial charge is 0.257 e. The van der Waals surface area contributed by atoms with E-state index in [0.29, 0.717) is 13.0 Å². The van der Waals surface area contributed by atoms with Crippen LogP contribution in [0.15, 0.2) is 90.0 Å². The molecule has 1 amide bonds. The molecule has 0 saturated carbocycles. The molecule has 0 bridgehead atoms. The van der Waals surface area contributed by atoms with Gasteiger partial charge in [-0.3, -0.25) is 14.6 Å². The molecule has 35 heavy (non-hydrogen) atoms. The lowest BCUT2D eigenvalue weighted by Crippen LogP contribution is -2.49. The second-order valence-corrected chi connectivity index (χ2v) is 9.15. The van der Waals surface area contributed by atoms with Crippen LogP contribution < -0.4 is 4.74 Å². The fourth-order valence-electron chi connectivity index (χ4n) is 4.93. The molecule has 0 radical (unpaired) electrons. The number of carbonyl (C=O) groups excluding carboxylic acids is 1. The molecule has 180 valence electrons. The van der Waals surface area contributed by atoms with Crippen molar-refractivity contribution in [2.75, 3.05) is 39.8 Å². The zero-order chi connectivity index (χ0) is 24.0. The minimum absolute atomic E-state index is 0.0419. The fraction of sp³-hybridized carbons (Fsp3) is 0.310. The van der Waals surface area contributed by atoms with E-state index in [1.54, 1.807) is 12.1 Å². The molecule has 2 aliphatic heterocycles. The molecule has 0 aromatic heterocycles. The highest BCUT2D eigenvalue weighted by atomic mass is 16.5. The largest absolute Gasteiger partial charge is 0.496 e. The first-order valence-electron chi connectivity index (χ1n) is 12.3. The third kappa shape index (κ3) is 5.45. The maximum absolute atomic E-state index is 13.5. The summed E-state index contributed by atoms with van der Waals surface area (Å²) in [7, 11) is 1.67. The van der Waals surface area contributed by atoms with Crippen LogP contribution in [0.2, 0.25) is 0 Å². The number of methoxy groups -OCH3 is 1. The van der Waals surface area contributed by atoms with E-state index in [-0.39, 0.29) is 11.9 Å². The van der Waals surface area contributed by atoms with Crippen LogP contribution in [0.3, 0.4) is 0 Å². The first kappa shape index (κ1) is 23.3. The minimum atomic E-state index is -0.108. The zero-order valence-electron chi connectivity index (χ0n) is 20.2. The maximum atomic E-state index is 13.5. The Morgan fingerprint density at radius 2 is 1.49 bits per heavy atom. The highest BCUT2D eigenvalue weighted by Crippen LogP contribution is 2.35. The molecule has 6 nitrogen and oxygen atoms in total. The van der Waals surface area contributed by atoms with E-state index >= 15 is 0 Å². The molecule has 6 heteroatoms. The Bertz CT molecular complexity index is 1160. The van der Waals surface area contributed by atoms with Crippen LogP contribution in [0.1, 0.15) is 29.2 Å². The molecule has 1 fully saturated rings. The maximum Gasteiger partial charge on any atom is 0.257 e. The molecule has 0 spiro atoms. The van der Waals surface area contributed by atoms with E-state index in [1.807, 2.05) is 42.5 Å². The van der Waals surface area contributed by atoms with Gasteiger partial charge in [0.25, 0.3) is 5.91 Å². The standard InChI is InChI=1S/C29H32N4O2/c1-35-28-15-9-8-14-25(28)26-20-27(24-12-6-3-7-13-24)33(30-26)29(34)22-32-18-16-31(17-19-32)21-23-10-4-2-5-11-23/h2-15,27H,16-22H2,1H3/t27-/m0/s1. The highest BCUT2D eigenvalue weighted by Gasteiger charge is 2.34. The Balaban J connectivity index is 1.28. The number of hydrazone groups is 1. The van der Waals surface area contributed by atoms with Gasteiger partial charge in [-0.25, -0.2) is 5.01 Å². The van der Waals surface area contributed by atoms with Gasteiger partial charge < -0.3 is 4.74 Å². The van der Waals surface area contributed by atoms with E-state index in [1.165, 1.54) is 5.56 Å². The Kier molecular flexibility index (Phi) is 7.21. The average Bonchev–Trinajstić information content (AvgIpc) is 3.36. The SMILES string of the molecule is COc1ccccc1C1=NN(C(=O)CN2CCN(Cc3ccccc3)CC2)[C@H](c2ccccc2)C1. The zero-order valence-corrected chi connectivity index (χ0v) is 20.2. The number of para-hydroxylation sites is 1. The summed E-state index contributed by atoms with van der Waals surface area (Å²) in [6, 6.07) is 28.5. The van der Waals surface area contributed by atoms with Gasteiger partial charge in [-0.15, -0.1) is 0 Å². The van der Waals surface area contributed by atoms with Gasteiger partial charge >= 0.3 is 0 Å². The van der Waals surface area contributed by atoms with Gasteiger partial charge in [0, 0.05) is 44.7 Å². The van der Waals surface area contributed by atoms with E-state index in [0.717, 1.165) is 55.3 Å². The van der Waals surface area contributed by atoms with Gasteiger partial charge in [0.2, 0.25) is 0 Å². The predicted octanol–water partition coefficient (Wildman–Crippen LogP) is 4.19. The normalized spacial score (nSPS) is 18.9. The number of amides is 1. The van der Waals surface area contributed by atoms with Crippen molar-refractivity contribution in [3.8, 4) is 5.75 Å². The molecule has 5 rings (SSSR count). The highest BCUT2D eigenvalue weighted by molar-refractivity contribution is 6.05. The van der Waals surface area contributed by atoms with E-state index in [2.05, 4.69) is 52.3 Å². The lowest BCUT2D eigenvalue weighted by atomic mass is 9.98. The molecule has 3 aromatic carbocycles. The number of benzene rings is 3. The quantitative estimate of drug-likeness (QED) is 0.522. The molecule has 3 aromatic rings. The van der Waals surface area contributed by atoms with E-state index in [9.17, 15) is 4.79 Å². The van der Waals surface area contributed by atoms with Crippen LogP contribution in [0.25, 0.3) is 0 Å². The number of nitrogens with zero attached hydrogens (tertiary/aromatic N) is 4. The number of hydrogen-bond acceptors (Lipinski definition) is 5. The van der Waals surface area contributed by atoms with Crippen molar-refractivity contribution in [3.63, 3.8) is 0 Å². The molecule has 2 aliphatic rings. The fourth-order valence-corrected chi connectivity index (χ4v) is 4.93. The van der Waals surface area contributed by atoms with E-state index < -0.39 is 0 Å². The van der Waals surface area contributed by atoms with Crippen molar-refractivity contribution >= 4 is 11.6 Å². The van der Waals surface area contributed by atoms with Gasteiger partial charge in [0.15, 0.2) is 0 Å². The first-order valence-corrected chi connectivity index (χ1v) is 12.3. The van der Waals surface area contributed by atoms with Crippen LogP contribution in [0, 0.1) is 0 Å². The predicted molar refractivity (Wildman–Crippen MR) is 138 cm³/mol. The third-order valence-electron chi connectivity index (χ3n) is 6.84. The lowest BCUT2D eigenvalue weighted by Gasteiger charge is -2.35. The van der Waals surface area contributed by atoms with Crippen molar-refractivity contribution in [1.82, 2.24) is 14.8 Å². The van der Waals surface area contributed by atoms with Crippen LogP contribution in [-0.2, 0) is 11.3 Å². The molecular weight excluding hydrogens is 436 g/mol. The Hall–Kier alpha value is -3.48. The molecular formula is C29H32N4O2. The third-order valence-corrected chi connectivity index (χ3v) is 6.84. The number of piperazine rings is 1. The summed E-state index contributed by atoms with van der Waals surface area (Å²) in [5.41, 5.74) is 4.26. The molecule has 0 unspecified atom stereocenters. The van der Waals surface area contributed by atoms with Crippen LogP contribution >= 0.6 is 0 Å². The molecule has 1 saturated heterocycles. The van der Waals surface area contributed by atoms with Gasteiger partial charge in [0.05, 0.1) is 25.4 Å². The molecule has 0 aliphatic carbocycles. The second kappa shape index (κ2) is 10.8. The van der Waals surface area contributed by atoms with Crippen LogP contribution in [-0.4, -0.2) is 66.3 Å². The summed E-state index contributed by atoms with van der Waals surface area (Å²) in [5, 5.41) is 6.55. The Morgan fingerprint density at radius 1 is 0.857 bits per heavy atom. The topological polar surface area (TPSA) is 48.4 Å². The summed E-state index contributed by atoms with van der Waals surface area (Å²) >= 11 is 0. The van der Waals surface area contributed by atoms with Crippen molar-refractivity contribution in [2.45, 2.75) is 19.0 Å². The van der Waals surface area contributed by atoms with Crippen molar-refractivity contribution < 1.29 is 9.53 Å². The molecule has 2 heterocycles. The summed E-state index contributed by atoms with van der Waals surface area (Å²) in [6.07, 6.45) is 0.668. The number of rotatable bonds is 7. The minimum Gasteiger partial charge on any atom is -0.496 e. The lowest BCUT2D eigenvalue weighted by molar-refractivity contribution is -0.134. The number of ether oxygens (including phenoxy) is 1. The van der Waals surface area contributed by atoms with Crippen LogP contribution in [0.5, 0.6) is 5.75 Å². The number of hydrogen-bond donors (Lipinski definition) is 0. The second-order valence-electron chi connectivity index (χ2n) is 9.15.